The molecule has 6 nitrogen and oxygen atoms in total. The summed E-state index contributed by atoms with van der Waals surface area (Å²) in [7, 11) is 3.05. The molecule has 1 aliphatic rings. The maximum atomic E-state index is 13.6. The Morgan fingerprint density at radius 2 is 1.67 bits per heavy atom. The second kappa shape index (κ2) is 6.90. The number of nitrogens with zero attached hydrogens (tertiary/aromatic N) is 4. The third kappa shape index (κ3) is 3.34. The summed E-state index contributed by atoms with van der Waals surface area (Å²) in [6, 6.07) is 7.31. The highest BCUT2D eigenvalue weighted by atomic mass is 19.1. The van der Waals surface area contributed by atoms with Crippen LogP contribution in [0.1, 0.15) is 5.69 Å². The summed E-state index contributed by atoms with van der Waals surface area (Å²) < 4.78 is 23.8. The van der Waals surface area contributed by atoms with E-state index in [4.69, 9.17) is 9.47 Å². The molecule has 128 valence electrons. The number of methoxy groups -OCH3 is 2. The van der Waals surface area contributed by atoms with E-state index in [2.05, 4.69) is 19.8 Å². The number of halogens is 1. The van der Waals surface area contributed by atoms with Crippen LogP contribution in [0.2, 0.25) is 0 Å². The van der Waals surface area contributed by atoms with E-state index in [1.54, 1.807) is 19.2 Å². The summed E-state index contributed by atoms with van der Waals surface area (Å²) in [6.45, 7) is 5.20. The van der Waals surface area contributed by atoms with Crippen molar-refractivity contribution in [2.24, 2.45) is 0 Å². The number of rotatable bonds is 4. The summed E-state index contributed by atoms with van der Waals surface area (Å²) in [6.07, 6.45) is 0. The van der Waals surface area contributed by atoms with Gasteiger partial charge >= 0.3 is 6.01 Å². The van der Waals surface area contributed by atoms with E-state index in [1.165, 1.54) is 13.2 Å². The molecule has 1 aromatic heterocycles. The van der Waals surface area contributed by atoms with E-state index in [9.17, 15) is 4.39 Å². The SMILES string of the molecule is COc1nc(C)cc(N2CCN(c3ccc(F)c(OC)c3)CC2)n1. The number of hydrogen-bond donors (Lipinski definition) is 0. The first-order chi connectivity index (χ1) is 11.6. The minimum absolute atomic E-state index is 0.270. The number of hydrogen-bond acceptors (Lipinski definition) is 6. The van der Waals surface area contributed by atoms with Gasteiger partial charge in [0.15, 0.2) is 11.6 Å². The van der Waals surface area contributed by atoms with Gasteiger partial charge in [-0.3, -0.25) is 0 Å². The average Bonchev–Trinajstić information content (AvgIpc) is 2.61. The molecule has 1 fully saturated rings. The van der Waals surface area contributed by atoms with Gasteiger partial charge in [0.05, 0.1) is 14.2 Å². The highest BCUT2D eigenvalue weighted by Crippen LogP contribution is 2.26. The minimum Gasteiger partial charge on any atom is -0.494 e. The van der Waals surface area contributed by atoms with Crippen molar-refractivity contribution in [2.45, 2.75) is 6.92 Å². The monoisotopic (exact) mass is 332 g/mol. The van der Waals surface area contributed by atoms with E-state index in [0.717, 1.165) is 43.4 Å². The minimum atomic E-state index is -0.344. The normalized spacial score (nSPS) is 14.7. The van der Waals surface area contributed by atoms with Crippen LogP contribution in [-0.2, 0) is 0 Å². The molecule has 1 saturated heterocycles. The summed E-state index contributed by atoms with van der Waals surface area (Å²) in [5, 5.41) is 0. The maximum absolute atomic E-state index is 13.6. The van der Waals surface area contributed by atoms with Gasteiger partial charge in [0.25, 0.3) is 0 Å². The molecule has 0 atom stereocenters. The van der Waals surface area contributed by atoms with E-state index in [1.807, 2.05) is 13.0 Å². The Bertz CT molecular complexity index is 718. The van der Waals surface area contributed by atoms with Crippen molar-refractivity contribution in [3.05, 3.63) is 35.8 Å². The molecule has 1 aromatic carbocycles. The number of benzene rings is 1. The molecular weight excluding hydrogens is 311 g/mol. The number of ether oxygens (including phenoxy) is 2. The largest absolute Gasteiger partial charge is 0.494 e. The van der Waals surface area contributed by atoms with E-state index >= 15 is 0 Å². The number of piperazine rings is 1. The topological polar surface area (TPSA) is 50.7 Å². The zero-order valence-electron chi connectivity index (χ0n) is 14.1. The van der Waals surface area contributed by atoms with Crippen molar-refractivity contribution in [1.29, 1.82) is 0 Å². The van der Waals surface area contributed by atoms with Gasteiger partial charge in [0, 0.05) is 49.7 Å². The van der Waals surface area contributed by atoms with Gasteiger partial charge in [0.1, 0.15) is 5.82 Å². The zero-order valence-corrected chi connectivity index (χ0v) is 14.1. The first-order valence-electron chi connectivity index (χ1n) is 7.84. The molecule has 0 spiro atoms. The molecule has 0 amide bonds. The van der Waals surface area contributed by atoms with E-state index < -0.39 is 0 Å². The van der Waals surface area contributed by atoms with Crippen LogP contribution in [0.3, 0.4) is 0 Å². The second-order valence-corrected chi connectivity index (χ2v) is 5.65. The molecule has 0 saturated carbocycles. The Kier molecular flexibility index (Phi) is 4.69. The van der Waals surface area contributed by atoms with Crippen molar-refractivity contribution in [2.75, 3.05) is 50.2 Å². The van der Waals surface area contributed by atoms with Crippen molar-refractivity contribution in [1.82, 2.24) is 9.97 Å². The van der Waals surface area contributed by atoms with Crippen molar-refractivity contribution in [3.63, 3.8) is 0 Å². The fourth-order valence-electron chi connectivity index (χ4n) is 2.82. The van der Waals surface area contributed by atoms with Gasteiger partial charge in [0.2, 0.25) is 0 Å². The van der Waals surface area contributed by atoms with Crippen LogP contribution in [0, 0.1) is 12.7 Å². The van der Waals surface area contributed by atoms with Gasteiger partial charge in [-0.1, -0.05) is 0 Å². The van der Waals surface area contributed by atoms with Crippen LogP contribution in [0.4, 0.5) is 15.9 Å². The van der Waals surface area contributed by atoms with Crippen LogP contribution in [-0.4, -0.2) is 50.4 Å². The standard InChI is InChI=1S/C17H21FN4O2/c1-12-10-16(20-17(19-12)24-3)22-8-6-21(7-9-22)13-4-5-14(18)15(11-13)23-2/h4-5,10-11H,6-9H2,1-3H3. The molecule has 24 heavy (non-hydrogen) atoms. The Hall–Kier alpha value is -2.57. The van der Waals surface area contributed by atoms with Gasteiger partial charge in [-0.05, 0) is 19.1 Å². The predicted octanol–water partition coefficient (Wildman–Crippen LogP) is 2.27. The fraction of sp³-hybridized carbons (Fsp3) is 0.412. The molecule has 0 radical (unpaired) electrons. The highest BCUT2D eigenvalue weighted by Gasteiger charge is 2.20. The van der Waals surface area contributed by atoms with E-state index in [-0.39, 0.29) is 11.6 Å². The third-order valence-electron chi connectivity index (χ3n) is 4.11. The maximum Gasteiger partial charge on any atom is 0.318 e. The van der Waals surface area contributed by atoms with Gasteiger partial charge in [-0.2, -0.15) is 4.98 Å². The Balaban J connectivity index is 1.71. The molecule has 2 aromatic rings. The summed E-state index contributed by atoms with van der Waals surface area (Å²) in [5.41, 5.74) is 1.84. The summed E-state index contributed by atoms with van der Waals surface area (Å²) in [5.74, 6) is 0.796. The molecule has 0 bridgehead atoms. The molecule has 7 heteroatoms. The van der Waals surface area contributed by atoms with Crippen LogP contribution >= 0.6 is 0 Å². The third-order valence-corrected chi connectivity index (χ3v) is 4.11. The van der Waals surface area contributed by atoms with Gasteiger partial charge < -0.3 is 19.3 Å². The number of aromatic nitrogens is 2. The fourth-order valence-corrected chi connectivity index (χ4v) is 2.82. The first-order valence-corrected chi connectivity index (χ1v) is 7.84. The zero-order chi connectivity index (χ0) is 17.1. The van der Waals surface area contributed by atoms with Crippen molar-refractivity contribution < 1.29 is 13.9 Å². The highest BCUT2D eigenvalue weighted by molar-refractivity contribution is 5.53. The first kappa shape index (κ1) is 16.3. The number of aryl methyl sites for hydroxylation is 1. The molecule has 1 aliphatic heterocycles. The molecule has 0 N–H and O–H groups in total. The quantitative estimate of drug-likeness (QED) is 0.856. The van der Waals surface area contributed by atoms with Gasteiger partial charge in [-0.15, -0.1) is 0 Å². The lowest BCUT2D eigenvalue weighted by atomic mass is 10.2. The Morgan fingerprint density at radius 1 is 0.958 bits per heavy atom. The smallest absolute Gasteiger partial charge is 0.318 e. The predicted molar refractivity (Wildman–Crippen MR) is 90.7 cm³/mol. The molecular formula is C17H21FN4O2. The molecule has 3 rings (SSSR count). The van der Waals surface area contributed by atoms with Crippen molar-refractivity contribution >= 4 is 11.5 Å². The van der Waals surface area contributed by atoms with Crippen LogP contribution in [0.25, 0.3) is 0 Å². The van der Waals surface area contributed by atoms with Gasteiger partial charge in [-0.25, -0.2) is 9.37 Å². The van der Waals surface area contributed by atoms with Crippen LogP contribution < -0.4 is 19.3 Å². The Labute approximate surface area is 140 Å². The molecule has 2 heterocycles. The Morgan fingerprint density at radius 3 is 2.33 bits per heavy atom. The van der Waals surface area contributed by atoms with Crippen molar-refractivity contribution in [3.8, 4) is 11.8 Å². The van der Waals surface area contributed by atoms with E-state index in [0.29, 0.717) is 6.01 Å². The lowest BCUT2D eigenvalue weighted by Gasteiger charge is -2.36. The second-order valence-electron chi connectivity index (χ2n) is 5.65. The number of anilines is 2. The summed E-state index contributed by atoms with van der Waals surface area (Å²) in [4.78, 5) is 13.0. The molecule has 0 aliphatic carbocycles. The summed E-state index contributed by atoms with van der Waals surface area (Å²) >= 11 is 0. The van der Waals surface area contributed by atoms with Crippen LogP contribution in [0.15, 0.2) is 24.3 Å². The van der Waals surface area contributed by atoms with Crippen LogP contribution in [0.5, 0.6) is 11.8 Å². The lowest BCUT2D eigenvalue weighted by molar-refractivity contribution is 0.378. The molecule has 0 unspecified atom stereocenters. The average molecular weight is 332 g/mol. The lowest BCUT2D eigenvalue weighted by Crippen LogP contribution is -2.46.